The van der Waals surface area contributed by atoms with E-state index in [1.807, 2.05) is 13.8 Å². The van der Waals surface area contributed by atoms with Crippen molar-refractivity contribution in [2.75, 3.05) is 0 Å². The van der Waals surface area contributed by atoms with Gasteiger partial charge in [0.2, 0.25) is 0 Å². The van der Waals surface area contributed by atoms with E-state index in [0.717, 1.165) is 12.0 Å². The molecule has 0 aliphatic heterocycles. The van der Waals surface area contributed by atoms with E-state index < -0.39 is 0 Å². The molecule has 1 aliphatic rings. The second-order valence-corrected chi connectivity index (χ2v) is 3.59. The van der Waals surface area contributed by atoms with E-state index in [4.69, 9.17) is 0 Å². The minimum Gasteiger partial charge on any atom is -0.312 e. The Morgan fingerprint density at radius 2 is 1.73 bits per heavy atom. The van der Waals surface area contributed by atoms with Crippen LogP contribution in [0.15, 0.2) is 0 Å². The summed E-state index contributed by atoms with van der Waals surface area (Å²) < 4.78 is 0. The summed E-state index contributed by atoms with van der Waals surface area (Å²) in [4.78, 5) is 0. The van der Waals surface area contributed by atoms with Gasteiger partial charge in [0.1, 0.15) is 0 Å². The molecule has 0 unspecified atom stereocenters. The van der Waals surface area contributed by atoms with Crippen LogP contribution in [0.1, 0.15) is 48.9 Å². The number of hydrogen-bond acceptors (Lipinski definition) is 1. The van der Waals surface area contributed by atoms with Crippen molar-refractivity contribution in [3.8, 4) is 0 Å². The normalized spacial score (nSPS) is 28.9. The summed E-state index contributed by atoms with van der Waals surface area (Å²) in [6.07, 6.45) is 2.77. The summed E-state index contributed by atoms with van der Waals surface area (Å²) in [5, 5.41) is 3.51. The Hall–Kier alpha value is -0.0400. The molecule has 1 saturated carbocycles. The van der Waals surface area contributed by atoms with Gasteiger partial charge in [0.25, 0.3) is 0 Å². The van der Waals surface area contributed by atoms with Gasteiger partial charge < -0.3 is 5.32 Å². The fourth-order valence-electron chi connectivity index (χ4n) is 1.51. The molecule has 0 amide bonds. The van der Waals surface area contributed by atoms with Gasteiger partial charge in [-0.2, -0.15) is 0 Å². The molecule has 0 heterocycles. The fourth-order valence-corrected chi connectivity index (χ4v) is 1.51. The lowest BCUT2D eigenvalue weighted by atomic mass is 9.81. The third kappa shape index (κ3) is 4.41. The van der Waals surface area contributed by atoms with Gasteiger partial charge in [-0.3, -0.25) is 0 Å². The van der Waals surface area contributed by atoms with Crippen LogP contribution in [0, 0.1) is 5.92 Å². The maximum atomic E-state index is 3.51. The maximum Gasteiger partial charge on any atom is 0.00745 e. The van der Waals surface area contributed by atoms with E-state index >= 15 is 0 Å². The molecule has 0 radical (unpaired) electrons. The summed E-state index contributed by atoms with van der Waals surface area (Å²) in [7, 11) is 0. The van der Waals surface area contributed by atoms with Crippen molar-refractivity contribution in [3.05, 3.63) is 0 Å². The topological polar surface area (TPSA) is 12.0 Å². The molecule has 11 heavy (non-hydrogen) atoms. The van der Waals surface area contributed by atoms with Gasteiger partial charge in [-0.05, 0) is 18.8 Å². The second-order valence-electron chi connectivity index (χ2n) is 3.59. The van der Waals surface area contributed by atoms with Crippen LogP contribution in [-0.2, 0) is 0 Å². The molecule has 0 aromatic rings. The molecule has 1 N–H and O–H groups in total. The highest BCUT2D eigenvalue weighted by Crippen LogP contribution is 2.26. The molecular weight excluding hydrogens is 134 g/mol. The first-order chi connectivity index (χ1) is 5.18. The predicted octanol–water partition coefficient (Wildman–Crippen LogP) is 3.06. The smallest absolute Gasteiger partial charge is 0.00745 e. The van der Waals surface area contributed by atoms with Crippen LogP contribution >= 0.6 is 0 Å². The number of rotatable bonds is 2. The van der Waals surface area contributed by atoms with Crippen LogP contribution in [0.2, 0.25) is 0 Å². The molecular formula is C10H25N. The van der Waals surface area contributed by atoms with Crippen LogP contribution in [0.25, 0.3) is 0 Å². The maximum absolute atomic E-state index is 3.51. The molecule has 1 nitrogen and oxygen atoms in total. The van der Waals surface area contributed by atoms with Crippen molar-refractivity contribution in [1.29, 1.82) is 0 Å². The van der Waals surface area contributed by atoms with Crippen molar-refractivity contribution >= 4 is 0 Å². The minimum atomic E-state index is 0. The monoisotopic (exact) mass is 159 g/mol. The first-order valence-corrected chi connectivity index (χ1v) is 4.94. The van der Waals surface area contributed by atoms with Gasteiger partial charge in [-0.25, -0.2) is 0 Å². The lowest BCUT2D eigenvalue weighted by molar-refractivity contribution is 0.229. The molecule has 70 valence electrons. The first-order valence-electron chi connectivity index (χ1n) is 4.94. The lowest BCUT2D eigenvalue weighted by Crippen LogP contribution is -2.43. The standard InChI is InChI=1S/C8H17N.C2H6.H2/c1-6(2)9-8-4-7(3)5-8;1-2;/h6-9H,4-5H2,1-3H3;1-2H3;1H. The Morgan fingerprint density at radius 3 is 2.00 bits per heavy atom. The Balaban J connectivity index is 0. The van der Waals surface area contributed by atoms with E-state index in [0.29, 0.717) is 6.04 Å². The van der Waals surface area contributed by atoms with E-state index in [2.05, 4.69) is 26.1 Å². The third-order valence-electron chi connectivity index (χ3n) is 1.94. The van der Waals surface area contributed by atoms with Gasteiger partial charge in [0.05, 0.1) is 0 Å². The van der Waals surface area contributed by atoms with Gasteiger partial charge in [0.15, 0.2) is 0 Å². The van der Waals surface area contributed by atoms with Crippen molar-refractivity contribution in [2.45, 2.75) is 59.5 Å². The predicted molar refractivity (Wildman–Crippen MR) is 53.9 cm³/mol. The van der Waals surface area contributed by atoms with Gasteiger partial charge in [-0.1, -0.05) is 34.6 Å². The summed E-state index contributed by atoms with van der Waals surface area (Å²) in [5.41, 5.74) is 0. The molecule has 0 bridgehead atoms. The largest absolute Gasteiger partial charge is 0.312 e. The molecule has 1 fully saturated rings. The minimum absolute atomic E-state index is 0. The van der Waals surface area contributed by atoms with E-state index in [9.17, 15) is 0 Å². The zero-order valence-electron chi connectivity index (χ0n) is 8.65. The third-order valence-corrected chi connectivity index (χ3v) is 1.94. The zero-order valence-corrected chi connectivity index (χ0v) is 8.65. The van der Waals surface area contributed by atoms with Crippen molar-refractivity contribution in [2.24, 2.45) is 5.92 Å². The molecule has 0 aromatic heterocycles. The van der Waals surface area contributed by atoms with Crippen molar-refractivity contribution < 1.29 is 1.43 Å². The Morgan fingerprint density at radius 1 is 1.27 bits per heavy atom. The van der Waals surface area contributed by atoms with Crippen LogP contribution < -0.4 is 5.32 Å². The lowest BCUT2D eigenvalue weighted by Gasteiger charge is -2.34. The van der Waals surface area contributed by atoms with Gasteiger partial charge in [0, 0.05) is 13.5 Å². The van der Waals surface area contributed by atoms with Crippen molar-refractivity contribution in [1.82, 2.24) is 5.32 Å². The zero-order chi connectivity index (χ0) is 8.85. The van der Waals surface area contributed by atoms with Crippen molar-refractivity contribution in [3.63, 3.8) is 0 Å². The van der Waals surface area contributed by atoms with Crippen LogP contribution in [0.3, 0.4) is 0 Å². The SMILES string of the molecule is CC.CC1CC(NC(C)C)C1.[HH]. The highest BCUT2D eigenvalue weighted by molar-refractivity contribution is 4.82. The molecule has 1 rings (SSSR count). The Bertz CT molecular complexity index is 87.8. The summed E-state index contributed by atoms with van der Waals surface area (Å²) >= 11 is 0. The molecule has 0 aromatic carbocycles. The van der Waals surface area contributed by atoms with Gasteiger partial charge >= 0.3 is 0 Å². The van der Waals surface area contributed by atoms with E-state index in [1.165, 1.54) is 12.8 Å². The Kier molecular flexibility index (Phi) is 5.57. The molecule has 0 atom stereocenters. The summed E-state index contributed by atoms with van der Waals surface area (Å²) in [5.74, 6) is 0.973. The van der Waals surface area contributed by atoms with E-state index in [-0.39, 0.29) is 1.43 Å². The van der Waals surface area contributed by atoms with Crippen LogP contribution in [0.5, 0.6) is 0 Å². The highest BCUT2D eigenvalue weighted by atomic mass is 14.9. The van der Waals surface area contributed by atoms with Gasteiger partial charge in [-0.15, -0.1) is 0 Å². The Labute approximate surface area is 73.1 Å². The number of hydrogen-bond donors (Lipinski definition) is 1. The average molecular weight is 159 g/mol. The first kappa shape index (κ1) is 11.0. The highest BCUT2D eigenvalue weighted by Gasteiger charge is 2.24. The van der Waals surface area contributed by atoms with Crippen LogP contribution in [-0.4, -0.2) is 12.1 Å². The molecule has 1 heteroatoms. The fraction of sp³-hybridized carbons (Fsp3) is 1.00. The van der Waals surface area contributed by atoms with E-state index in [1.54, 1.807) is 0 Å². The van der Waals surface area contributed by atoms with Crippen LogP contribution in [0.4, 0.5) is 0 Å². The molecule has 0 spiro atoms. The second kappa shape index (κ2) is 5.59. The summed E-state index contributed by atoms with van der Waals surface area (Å²) in [6.45, 7) is 10.7. The summed E-state index contributed by atoms with van der Waals surface area (Å²) in [6, 6.07) is 1.50. The molecule has 0 saturated heterocycles. The average Bonchev–Trinajstić information content (AvgIpc) is 1.88. The number of nitrogens with one attached hydrogen (secondary N) is 1. The quantitative estimate of drug-likeness (QED) is 0.653. The molecule has 1 aliphatic carbocycles.